The molecular formula is C11H6F3N3O2S. The molecule has 9 heteroatoms. The number of hydrogen-bond donors (Lipinski definition) is 1. The van der Waals surface area contributed by atoms with Gasteiger partial charge in [0, 0.05) is 6.20 Å². The number of aromatic carboxylic acids is 1. The Bertz CT molecular complexity index is 632. The van der Waals surface area contributed by atoms with Crippen molar-refractivity contribution in [3.8, 4) is 0 Å². The molecule has 0 aliphatic carbocycles. The minimum Gasteiger partial charge on any atom is -0.478 e. The highest BCUT2D eigenvalue weighted by Crippen LogP contribution is 2.31. The van der Waals surface area contributed by atoms with E-state index in [1.54, 1.807) is 0 Å². The molecule has 0 amide bonds. The lowest BCUT2D eigenvalue weighted by Crippen LogP contribution is -2.05. The van der Waals surface area contributed by atoms with Gasteiger partial charge in [0.2, 0.25) is 0 Å². The minimum atomic E-state index is -4.46. The number of alkyl halides is 3. The normalized spacial score (nSPS) is 11.3. The third-order valence-electron chi connectivity index (χ3n) is 2.18. The van der Waals surface area contributed by atoms with Gasteiger partial charge in [-0.15, -0.1) is 5.10 Å². The van der Waals surface area contributed by atoms with E-state index in [4.69, 9.17) is 5.11 Å². The number of pyridine rings is 1. The second-order valence-electron chi connectivity index (χ2n) is 3.54. The van der Waals surface area contributed by atoms with E-state index in [9.17, 15) is 18.0 Å². The Morgan fingerprint density at radius 3 is 2.55 bits per heavy atom. The van der Waals surface area contributed by atoms with Gasteiger partial charge in [-0.3, -0.25) is 0 Å². The zero-order valence-corrected chi connectivity index (χ0v) is 10.4. The largest absolute Gasteiger partial charge is 0.478 e. The zero-order valence-electron chi connectivity index (χ0n) is 9.63. The Hall–Kier alpha value is -2.16. The first-order valence-corrected chi connectivity index (χ1v) is 5.95. The molecule has 104 valence electrons. The summed E-state index contributed by atoms with van der Waals surface area (Å²) in [6, 6.07) is 3.27. The molecule has 0 atom stereocenters. The SMILES string of the molecule is O=C(O)c1ccnnc1Sc1ccc(C(F)(F)F)cn1. The average Bonchev–Trinajstić information content (AvgIpc) is 2.38. The van der Waals surface area contributed by atoms with Crippen molar-refractivity contribution in [3.05, 3.63) is 41.7 Å². The van der Waals surface area contributed by atoms with Gasteiger partial charge in [0.05, 0.1) is 17.3 Å². The van der Waals surface area contributed by atoms with Gasteiger partial charge in [-0.05, 0) is 30.0 Å². The van der Waals surface area contributed by atoms with Gasteiger partial charge in [0.1, 0.15) is 10.1 Å². The minimum absolute atomic E-state index is 0.0623. The summed E-state index contributed by atoms with van der Waals surface area (Å²) in [7, 11) is 0. The van der Waals surface area contributed by atoms with Crippen LogP contribution in [0.15, 0.2) is 40.6 Å². The van der Waals surface area contributed by atoms with Gasteiger partial charge in [-0.25, -0.2) is 9.78 Å². The van der Waals surface area contributed by atoms with Crippen LogP contribution in [0, 0.1) is 0 Å². The third-order valence-corrected chi connectivity index (χ3v) is 3.13. The van der Waals surface area contributed by atoms with E-state index in [-0.39, 0.29) is 15.6 Å². The molecule has 0 saturated heterocycles. The van der Waals surface area contributed by atoms with E-state index >= 15 is 0 Å². The molecular weight excluding hydrogens is 295 g/mol. The average molecular weight is 301 g/mol. The number of halogens is 3. The second kappa shape index (κ2) is 5.45. The molecule has 0 fully saturated rings. The van der Waals surface area contributed by atoms with Crippen molar-refractivity contribution in [2.75, 3.05) is 0 Å². The van der Waals surface area contributed by atoms with Crippen LogP contribution < -0.4 is 0 Å². The Kier molecular flexibility index (Phi) is 3.89. The van der Waals surface area contributed by atoms with Crippen LogP contribution in [0.5, 0.6) is 0 Å². The molecule has 0 unspecified atom stereocenters. The summed E-state index contributed by atoms with van der Waals surface area (Å²) in [5.41, 5.74) is -0.967. The van der Waals surface area contributed by atoms with Crippen LogP contribution in [0.1, 0.15) is 15.9 Å². The molecule has 0 aromatic carbocycles. The van der Waals surface area contributed by atoms with Crippen LogP contribution in [0.2, 0.25) is 0 Å². The van der Waals surface area contributed by atoms with Crippen molar-refractivity contribution in [3.63, 3.8) is 0 Å². The van der Waals surface area contributed by atoms with Gasteiger partial charge in [-0.2, -0.15) is 18.3 Å². The van der Waals surface area contributed by atoms with Crippen molar-refractivity contribution in [1.29, 1.82) is 0 Å². The van der Waals surface area contributed by atoms with E-state index < -0.39 is 17.7 Å². The van der Waals surface area contributed by atoms with Crippen LogP contribution in [0.4, 0.5) is 13.2 Å². The molecule has 2 aromatic rings. The molecule has 0 radical (unpaired) electrons. The first-order chi connectivity index (χ1) is 9.38. The maximum absolute atomic E-state index is 12.4. The van der Waals surface area contributed by atoms with E-state index in [0.29, 0.717) is 6.20 Å². The van der Waals surface area contributed by atoms with Crippen molar-refractivity contribution in [2.45, 2.75) is 16.2 Å². The fourth-order valence-corrected chi connectivity index (χ4v) is 2.06. The number of carbonyl (C=O) groups is 1. The van der Waals surface area contributed by atoms with E-state index in [1.165, 1.54) is 12.3 Å². The van der Waals surface area contributed by atoms with Crippen LogP contribution in [0.3, 0.4) is 0 Å². The Balaban J connectivity index is 2.25. The van der Waals surface area contributed by atoms with Crippen LogP contribution in [0.25, 0.3) is 0 Å². The number of carboxylic acid groups (broad SMARTS) is 1. The van der Waals surface area contributed by atoms with Crippen molar-refractivity contribution < 1.29 is 23.1 Å². The number of carboxylic acids is 1. The molecule has 0 aliphatic heterocycles. The highest BCUT2D eigenvalue weighted by atomic mass is 32.2. The summed E-state index contributed by atoms with van der Waals surface area (Å²) in [5, 5.41) is 16.4. The fraction of sp³-hybridized carbons (Fsp3) is 0.0909. The van der Waals surface area contributed by atoms with Crippen LogP contribution in [-0.2, 0) is 6.18 Å². The molecule has 2 heterocycles. The molecule has 20 heavy (non-hydrogen) atoms. The van der Waals surface area contributed by atoms with Crippen LogP contribution >= 0.6 is 11.8 Å². The highest BCUT2D eigenvalue weighted by molar-refractivity contribution is 7.99. The lowest BCUT2D eigenvalue weighted by molar-refractivity contribution is -0.137. The maximum atomic E-state index is 12.4. The molecule has 2 rings (SSSR count). The van der Waals surface area contributed by atoms with E-state index in [2.05, 4.69) is 15.2 Å². The lowest BCUT2D eigenvalue weighted by atomic mass is 10.3. The van der Waals surface area contributed by atoms with Gasteiger partial charge >= 0.3 is 12.1 Å². The molecule has 1 N–H and O–H groups in total. The fourth-order valence-electron chi connectivity index (χ4n) is 1.26. The van der Waals surface area contributed by atoms with Gasteiger partial charge in [-0.1, -0.05) is 0 Å². The maximum Gasteiger partial charge on any atom is 0.417 e. The van der Waals surface area contributed by atoms with Gasteiger partial charge in [0.15, 0.2) is 0 Å². The Morgan fingerprint density at radius 1 is 1.25 bits per heavy atom. The van der Waals surface area contributed by atoms with Gasteiger partial charge < -0.3 is 5.11 Å². The summed E-state index contributed by atoms with van der Waals surface area (Å²) in [6.07, 6.45) is -2.57. The Morgan fingerprint density at radius 2 is 2.00 bits per heavy atom. The summed E-state index contributed by atoms with van der Waals surface area (Å²) in [4.78, 5) is 14.6. The predicted octanol–water partition coefficient (Wildman–Crippen LogP) is 2.74. The van der Waals surface area contributed by atoms with Crippen molar-refractivity contribution in [2.24, 2.45) is 0 Å². The number of nitrogens with zero attached hydrogens (tertiary/aromatic N) is 3. The monoisotopic (exact) mass is 301 g/mol. The first kappa shape index (κ1) is 14.3. The van der Waals surface area contributed by atoms with Gasteiger partial charge in [0.25, 0.3) is 0 Å². The molecule has 5 nitrogen and oxygen atoms in total. The molecule has 0 bridgehead atoms. The summed E-state index contributed by atoms with van der Waals surface area (Å²) < 4.78 is 37.1. The highest BCUT2D eigenvalue weighted by Gasteiger charge is 2.30. The third kappa shape index (κ3) is 3.23. The second-order valence-corrected chi connectivity index (χ2v) is 4.55. The summed E-state index contributed by atoms with van der Waals surface area (Å²) >= 11 is 0.829. The van der Waals surface area contributed by atoms with Crippen LogP contribution in [-0.4, -0.2) is 26.3 Å². The topological polar surface area (TPSA) is 76.0 Å². The number of aromatic nitrogens is 3. The number of hydrogen-bond acceptors (Lipinski definition) is 5. The number of rotatable bonds is 3. The lowest BCUT2D eigenvalue weighted by Gasteiger charge is -2.06. The first-order valence-electron chi connectivity index (χ1n) is 5.14. The Labute approximate surface area is 114 Å². The summed E-state index contributed by atoms with van der Waals surface area (Å²) in [5.74, 6) is -1.20. The van der Waals surface area contributed by atoms with E-state index in [0.717, 1.165) is 23.9 Å². The molecule has 2 aromatic heterocycles. The zero-order chi connectivity index (χ0) is 14.8. The molecule has 0 saturated carbocycles. The van der Waals surface area contributed by atoms with Crippen molar-refractivity contribution >= 4 is 17.7 Å². The standard InChI is InChI=1S/C11H6F3N3O2S/c12-11(13,14)6-1-2-8(15-5-6)20-9-7(10(18)19)3-4-16-17-9/h1-5H,(H,18,19). The predicted molar refractivity (Wildman–Crippen MR) is 62.4 cm³/mol. The van der Waals surface area contributed by atoms with Crippen molar-refractivity contribution in [1.82, 2.24) is 15.2 Å². The molecule has 0 spiro atoms. The molecule has 0 aliphatic rings. The smallest absolute Gasteiger partial charge is 0.417 e. The summed E-state index contributed by atoms with van der Waals surface area (Å²) in [6.45, 7) is 0. The van der Waals surface area contributed by atoms with E-state index in [1.807, 2.05) is 0 Å². The quantitative estimate of drug-likeness (QED) is 0.939.